The number of rotatable bonds is 10. The van der Waals surface area contributed by atoms with Crippen molar-refractivity contribution in [1.82, 2.24) is 29.3 Å². The van der Waals surface area contributed by atoms with Gasteiger partial charge in [-0.05, 0) is 50.8 Å². The van der Waals surface area contributed by atoms with Crippen LogP contribution in [0, 0.1) is 0 Å². The van der Waals surface area contributed by atoms with E-state index in [0.717, 1.165) is 58.9 Å². The zero-order chi connectivity index (χ0) is 32.1. The van der Waals surface area contributed by atoms with Gasteiger partial charge in [-0.2, -0.15) is 4.31 Å². The van der Waals surface area contributed by atoms with Gasteiger partial charge in [0.25, 0.3) is 10.0 Å². The number of carbonyl (C=O) groups excluding carboxylic acids is 2. The van der Waals surface area contributed by atoms with Crippen LogP contribution < -0.4 is 21.2 Å². The molecule has 0 saturated carbocycles. The summed E-state index contributed by atoms with van der Waals surface area (Å²) in [5, 5.41) is 10.3. The van der Waals surface area contributed by atoms with Gasteiger partial charge in [-0.3, -0.25) is 9.79 Å². The number of nitrogens with one attached hydrogen (secondary N) is 2. The van der Waals surface area contributed by atoms with Crippen molar-refractivity contribution in [2.45, 2.75) is 50.0 Å². The number of para-hydroxylation sites is 1. The van der Waals surface area contributed by atoms with Crippen LogP contribution in [0.3, 0.4) is 0 Å². The van der Waals surface area contributed by atoms with Gasteiger partial charge in [0.05, 0.1) is 12.9 Å². The number of fused-ring (bicyclic) bond motifs is 1. The number of piperazine rings is 1. The van der Waals surface area contributed by atoms with Gasteiger partial charge in [0.2, 0.25) is 5.91 Å². The second-order valence-electron chi connectivity index (χ2n) is 11.2. The molecule has 2 N–H and O–H groups in total. The number of hydrogen-bond donors (Lipinski definition) is 2. The third kappa shape index (κ3) is 6.85. The highest BCUT2D eigenvalue weighted by Gasteiger charge is 2.42. The molecule has 0 radical (unpaired) electrons. The van der Waals surface area contributed by atoms with E-state index in [1.54, 1.807) is 17.5 Å². The van der Waals surface area contributed by atoms with Crippen molar-refractivity contribution in [3.63, 3.8) is 0 Å². The lowest BCUT2D eigenvalue weighted by Crippen LogP contribution is -2.62. The van der Waals surface area contributed by atoms with E-state index in [9.17, 15) is 18.0 Å². The van der Waals surface area contributed by atoms with Gasteiger partial charge in [-0.15, -0.1) is 11.3 Å². The minimum Gasteiger partial charge on any atom is -0.358 e. The zero-order valence-corrected chi connectivity index (χ0v) is 27.6. The molecule has 2 aromatic heterocycles. The van der Waals surface area contributed by atoms with Crippen molar-refractivity contribution in [2.24, 2.45) is 4.99 Å². The number of aromatic nitrogens is 1. The third-order valence-electron chi connectivity index (χ3n) is 8.33. The van der Waals surface area contributed by atoms with Gasteiger partial charge in [0.15, 0.2) is 0 Å². The van der Waals surface area contributed by atoms with Crippen LogP contribution in [0.25, 0.3) is 23.6 Å². The van der Waals surface area contributed by atoms with Crippen LogP contribution >= 0.6 is 11.3 Å². The summed E-state index contributed by atoms with van der Waals surface area (Å²) in [6.07, 6.45) is 6.22. The molecule has 1 aromatic carbocycles. The fraction of sp³-hybridized carbons (Fsp3) is 0.406. The van der Waals surface area contributed by atoms with E-state index >= 15 is 0 Å². The molecule has 45 heavy (non-hydrogen) atoms. The van der Waals surface area contributed by atoms with Crippen molar-refractivity contribution in [2.75, 3.05) is 39.3 Å². The quantitative estimate of drug-likeness (QED) is 0.326. The topological polar surface area (TPSA) is 119 Å². The SMILES string of the molecule is C=c1/c(=C\C(=C/C)NC(=O)C2CN(C(=O)NCCCN3C=NCC3C)CCN2S(=O)(=O)c2cccs2)c2ccccc2n1CC. The number of hydrogen-bond acceptors (Lipinski definition) is 7. The van der Waals surface area contributed by atoms with E-state index in [0.29, 0.717) is 18.3 Å². The molecule has 0 spiro atoms. The maximum atomic E-state index is 13.9. The van der Waals surface area contributed by atoms with Crippen molar-refractivity contribution in [3.05, 3.63) is 64.1 Å². The predicted molar refractivity (Wildman–Crippen MR) is 180 cm³/mol. The fourth-order valence-corrected chi connectivity index (χ4v) is 8.52. The smallest absolute Gasteiger partial charge is 0.317 e. The molecule has 2 unspecified atom stereocenters. The number of carbonyl (C=O) groups is 2. The number of nitrogens with zero attached hydrogens (tertiary/aromatic N) is 5. The lowest BCUT2D eigenvalue weighted by Gasteiger charge is -2.39. The van der Waals surface area contributed by atoms with Crippen molar-refractivity contribution < 1.29 is 18.0 Å². The van der Waals surface area contributed by atoms with Crippen LogP contribution in [-0.2, 0) is 21.4 Å². The highest BCUT2D eigenvalue weighted by molar-refractivity contribution is 7.91. The molecule has 4 heterocycles. The minimum atomic E-state index is -3.96. The highest BCUT2D eigenvalue weighted by atomic mass is 32.2. The van der Waals surface area contributed by atoms with Crippen LogP contribution in [0.15, 0.2) is 62.8 Å². The molecule has 13 heteroatoms. The molecule has 240 valence electrons. The van der Waals surface area contributed by atoms with E-state index in [2.05, 4.69) is 45.5 Å². The summed E-state index contributed by atoms with van der Waals surface area (Å²) < 4.78 is 30.8. The molecule has 5 rings (SSSR count). The minimum absolute atomic E-state index is 0.00456. The van der Waals surface area contributed by atoms with Crippen molar-refractivity contribution >= 4 is 63.2 Å². The summed E-state index contributed by atoms with van der Waals surface area (Å²) in [4.78, 5) is 35.1. The zero-order valence-electron chi connectivity index (χ0n) is 26.0. The van der Waals surface area contributed by atoms with Crippen LogP contribution in [0.4, 0.5) is 4.79 Å². The highest BCUT2D eigenvalue weighted by Crippen LogP contribution is 2.25. The van der Waals surface area contributed by atoms with Gasteiger partial charge < -0.3 is 25.0 Å². The molecule has 3 amide bonds. The van der Waals surface area contributed by atoms with E-state index in [1.807, 2.05) is 43.6 Å². The van der Waals surface area contributed by atoms with Gasteiger partial charge >= 0.3 is 6.03 Å². The largest absolute Gasteiger partial charge is 0.358 e. The molecule has 1 fully saturated rings. The molecule has 11 nitrogen and oxygen atoms in total. The second-order valence-corrected chi connectivity index (χ2v) is 14.2. The van der Waals surface area contributed by atoms with E-state index < -0.39 is 22.0 Å². The van der Waals surface area contributed by atoms with Gasteiger partial charge in [-0.25, -0.2) is 13.2 Å². The number of aliphatic imine (C=N–C) groups is 1. The normalized spacial score (nSPS) is 19.9. The number of aryl methyl sites for hydroxylation is 1. The first kappa shape index (κ1) is 32.5. The Hall–Kier alpha value is -3.94. The molecule has 1 saturated heterocycles. The average molecular weight is 652 g/mol. The summed E-state index contributed by atoms with van der Waals surface area (Å²) in [6.45, 7) is 13.1. The molecular weight excluding hydrogens is 611 g/mol. The lowest BCUT2D eigenvalue weighted by atomic mass is 10.1. The maximum absolute atomic E-state index is 13.9. The Bertz CT molecular complexity index is 1810. The number of allylic oxidation sites excluding steroid dienone is 2. The Morgan fingerprint density at radius 3 is 2.67 bits per heavy atom. The van der Waals surface area contributed by atoms with Crippen molar-refractivity contribution in [1.29, 1.82) is 0 Å². The Morgan fingerprint density at radius 2 is 1.98 bits per heavy atom. The maximum Gasteiger partial charge on any atom is 0.317 e. The standard InChI is InChI=1S/C32H41N7O4S2/c1-5-25(19-27-24(4)38(6-2)28-12-8-7-11-26(27)28)35-31(40)29-21-36(16-17-39(29)45(42,43)30-13-9-18-44-30)32(41)34-14-10-15-37-22-33-20-23(37)3/h5,7-9,11-13,18-19,22-23,29H,4,6,10,14-17,20-21H2,1-3H3,(H,34,41)(H,35,40)/b25-5+,27-19+. The molecule has 2 atom stereocenters. The first-order valence-corrected chi connectivity index (χ1v) is 17.6. The summed E-state index contributed by atoms with van der Waals surface area (Å²) in [7, 11) is -3.96. The fourth-order valence-electron chi connectivity index (χ4n) is 5.83. The summed E-state index contributed by atoms with van der Waals surface area (Å²) in [6, 6.07) is 10.1. The Kier molecular flexibility index (Phi) is 10.1. The molecule has 0 bridgehead atoms. The lowest BCUT2D eigenvalue weighted by molar-refractivity contribution is -0.125. The molecule has 2 aliphatic rings. The van der Waals surface area contributed by atoms with E-state index in [-0.39, 0.29) is 29.9 Å². The number of thiophene rings is 1. The van der Waals surface area contributed by atoms with Gasteiger partial charge in [0.1, 0.15) is 10.3 Å². The Labute approximate surface area is 268 Å². The summed E-state index contributed by atoms with van der Waals surface area (Å²) in [5.41, 5.74) is 1.56. The van der Waals surface area contributed by atoms with Crippen LogP contribution in [0.1, 0.15) is 27.2 Å². The van der Waals surface area contributed by atoms with Crippen LogP contribution in [0.2, 0.25) is 0 Å². The number of benzene rings is 1. The van der Waals surface area contributed by atoms with Gasteiger partial charge in [0, 0.05) is 72.5 Å². The molecule has 0 aliphatic carbocycles. The van der Waals surface area contributed by atoms with Crippen molar-refractivity contribution in [3.8, 4) is 0 Å². The second kappa shape index (κ2) is 14.0. The monoisotopic (exact) mass is 651 g/mol. The molecular formula is C32H41N7O4S2. The number of amides is 3. The average Bonchev–Trinajstić information content (AvgIpc) is 3.79. The van der Waals surface area contributed by atoms with Crippen LogP contribution in [0.5, 0.6) is 0 Å². The number of sulfonamides is 1. The summed E-state index contributed by atoms with van der Waals surface area (Å²) >= 11 is 1.10. The first-order chi connectivity index (χ1) is 21.6. The summed E-state index contributed by atoms with van der Waals surface area (Å²) in [5.74, 6) is -0.510. The Morgan fingerprint density at radius 1 is 1.18 bits per heavy atom. The predicted octanol–water partition coefficient (Wildman–Crippen LogP) is 2.14. The number of urea groups is 1. The van der Waals surface area contributed by atoms with Gasteiger partial charge in [-0.1, -0.05) is 36.9 Å². The Balaban J connectivity index is 1.35. The third-order valence-corrected chi connectivity index (χ3v) is 11.6. The first-order valence-electron chi connectivity index (χ1n) is 15.2. The molecule has 2 aliphatic heterocycles. The molecule has 3 aromatic rings. The van der Waals surface area contributed by atoms with E-state index in [1.165, 1.54) is 15.3 Å². The van der Waals surface area contributed by atoms with Crippen LogP contribution in [-0.4, -0.2) is 96.7 Å². The van der Waals surface area contributed by atoms with E-state index in [4.69, 9.17) is 0 Å².